The molecular weight excluding hydrogens is 416 g/mol. The third kappa shape index (κ3) is 3.70. The molecule has 0 bridgehead atoms. The molecule has 8 nitrogen and oxygen atoms in total. The average Bonchev–Trinajstić information content (AvgIpc) is 3.26. The van der Waals surface area contributed by atoms with Gasteiger partial charge in [-0.3, -0.25) is 18.3 Å². The topological polar surface area (TPSA) is 69.5 Å². The largest absolute Gasteiger partial charge is 0.332 e. The molecule has 164 valence electrons. The number of aromatic nitrogens is 5. The lowest BCUT2D eigenvalue weighted by atomic mass is 10.2. The quantitative estimate of drug-likeness (QED) is 0.441. The van der Waals surface area contributed by atoms with E-state index >= 15 is 0 Å². The summed E-state index contributed by atoms with van der Waals surface area (Å²) in [7, 11) is 1.65. The summed E-state index contributed by atoms with van der Waals surface area (Å²) in [6.07, 6.45) is 1.92. The van der Waals surface area contributed by atoms with E-state index in [1.54, 1.807) is 19.2 Å². The van der Waals surface area contributed by atoms with Crippen LogP contribution in [0.15, 0.2) is 40.1 Å². The van der Waals surface area contributed by atoms with Gasteiger partial charge in [-0.15, -0.1) is 0 Å². The monoisotopic (exact) mass is 442 g/mol. The molecule has 9 heteroatoms. The maximum atomic E-state index is 13.4. The van der Waals surface area contributed by atoms with Crippen molar-refractivity contribution in [3.05, 3.63) is 67.6 Å². The Morgan fingerprint density at radius 3 is 2.55 bits per heavy atom. The first kappa shape index (κ1) is 21.4. The van der Waals surface area contributed by atoms with Crippen LogP contribution in [0.25, 0.3) is 16.9 Å². The van der Waals surface area contributed by atoms with Gasteiger partial charge in [0.2, 0.25) is 5.78 Å². The first-order chi connectivity index (χ1) is 14.8. The fourth-order valence-electron chi connectivity index (χ4n) is 4.07. The highest BCUT2D eigenvalue weighted by Crippen LogP contribution is 2.17. The molecule has 31 heavy (non-hydrogen) atoms. The van der Waals surface area contributed by atoms with E-state index in [1.165, 1.54) is 9.13 Å². The van der Waals surface area contributed by atoms with E-state index in [4.69, 9.17) is 11.6 Å². The summed E-state index contributed by atoms with van der Waals surface area (Å²) < 4.78 is 6.59. The zero-order valence-electron chi connectivity index (χ0n) is 18.3. The van der Waals surface area contributed by atoms with Crippen molar-refractivity contribution in [1.82, 2.24) is 28.0 Å². The third-order valence-corrected chi connectivity index (χ3v) is 6.14. The Morgan fingerprint density at radius 2 is 1.87 bits per heavy atom. The Balaban J connectivity index is 1.86. The Hall–Kier alpha value is -2.84. The van der Waals surface area contributed by atoms with Crippen LogP contribution in [0, 0.1) is 6.92 Å². The van der Waals surface area contributed by atoms with E-state index in [9.17, 15) is 9.59 Å². The van der Waals surface area contributed by atoms with Crippen LogP contribution in [-0.2, 0) is 20.1 Å². The number of nitrogens with zero attached hydrogens (tertiary/aromatic N) is 6. The number of hydrogen-bond acceptors (Lipinski definition) is 4. The molecule has 0 fully saturated rings. The number of fused-ring (bicyclic) bond motifs is 3. The van der Waals surface area contributed by atoms with Gasteiger partial charge in [-0.05, 0) is 37.7 Å². The highest BCUT2D eigenvalue weighted by Gasteiger charge is 2.20. The minimum atomic E-state index is -0.398. The Morgan fingerprint density at radius 1 is 1.13 bits per heavy atom. The Labute approximate surface area is 184 Å². The summed E-state index contributed by atoms with van der Waals surface area (Å²) in [5, 5.41) is 0.566. The predicted octanol–water partition coefficient (Wildman–Crippen LogP) is 2.50. The van der Waals surface area contributed by atoms with Crippen LogP contribution in [0.5, 0.6) is 0 Å². The summed E-state index contributed by atoms with van der Waals surface area (Å²) in [6.45, 7) is 10.1. The standard InChI is InChI=1S/C22H27ClN6O2/c1-5-26(6-2)10-11-27-15(3)13-28-18-19(24-21(27)28)25(4)22(31)29(20(18)30)14-16-8-7-9-17(23)12-16/h7-9,12-13H,5-6,10-11,14H2,1-4H3. The van der Waals surface area contributed by atoms with Crippen LogP contribution in [-0.4, -0.2) is 47.6 Å². The number of benzene rings is 1. The average molecular weight is 443 g/mol. The van der Waals surface area contributed by atoms with Crippen LogP contribution in [0.1, 0.15) is 25.1 Å². The Kier molecular flexibility index (Phi) is 5.77. The zero-order valence-corrected chi connectivity index (χ0v) is 19.1. The molecule has 0 atom stereocenters. The van der Waals surface area contributed by atoms with Gasteiger partial charge in [0.15, 0.2) is 11.2 Å². The SMILES string of the molecule is CCN(CC)CCn1c(C)cn2c3c(=O)n(Cc4cccc(Cl)c4)c(=O)n(C)c3nc12. The second-order valence-corrected chi connectivity index (χ2v) is 8.20. The van der Waals surface area contributed by atoms with Crippen LogP contribution in [0.3, 0.4) is 0 Å². The Bertz CT molecular complexity index is 1370. The van der Waals surface area contributed by atoms with E-state index in [0.29, 0.717) is 22.0 Å². The predicted molar refractivity (Wildman–Crippen MR) is 123 cm³/mol. The molecule has 0 radical (unpaired) electrons. The second kappa shape index (κ2) is 8.36. The van der Waals surface area contributed by atoms with E-state index in [2.05, 4.69) is 28.3 Å². The number of hydrogen-bond donors (Lipinski definition) is 0. The van der Waals surface area contributed by atoms with E-state index in [1.807, 2.05) is 29.7 Å². The van der Waals surface area contributed by atoms with Gasteiger partial charge in [-0.1, -0.05) is 37.6 Å². The number of rotatable bonds is 7. The van der Waals surface area contributed by atoms with Crippen LogP contribution >= 0.6 is 11.6 Å². The van der Waals surface area contributed by atoms with Crippen molar-refractivity contribution < 1.29 is 0 Å². The molecule has 4 aromatic rings. The highest BCUT2D eigenvalue weighted by atomic mass is 35.5. The van der Waals surface area contributed by atoms with Gasteiger partial charge in [0.05, 0.1) is 6.54 Å². The molecule has 1 aromatic carbocycles. The molecule has 4 rings (SSSR count). The lowest BCUT2D eigenvalue weighted by molar-refractivity contribution is 0.291. The molecule has 3 heterocycles. The first-order valence-corrected chi connectivity index (χ1v) is 10.9. The van der Waals surface area contributed by atoms with Crippen molar-refractivity contribution in [2.75, 3.05) is 19.6 Å². The van der Waals surface area contributed by atoms with Gasteiger partial charge in [-0.25, -0.2) is 4.79 Å². The number of imidazole rings is 2. The van der Waals surface area contributed by atoms with E-state index in [-0.39, 0.29) is 12.1 Å². The minimum absolute atomic E-state index is 0.150. The lowest BCUT2D eigenvalue weighted by Crippen LogP contribution is -2.39. The highest BCUT2D eigenvalue weighted by molar-refractivity contribution is 6.30. The van der Waals surface area contributed by atoms with Crippen LogP contribution in [0.2, 0.25) is 5.02 Å². The van der Waals surface area contributed by atoms with Crippen molar-refractivity contribution in [1.29, 1.82) is 0 Å². The summed E-state index contributed by atoms with van der Waals surface area (Å²) >= 11 is 6.08. The van der Waals surface area contributed by atoms with Crippen molar-refractivity contribution in [2.24, 2.45) is 7.05 Å². The molecule has 0 spiro atoms. The molecule has 0 aliphatic rings. The lowest BCUT2D eigenvalue weighted by Gasteiger charge is -2.18. The smallest absolute Gasteiger partial charge is 0.313 e. The van der Waals surface area contributed by atoms with E-state index < -0.39 is 5.69 Å². The molecule has 0 unspecified atom stereocenters. The molecule has 0 aliphatic carbocycles. The van der Waals surface area contributed by atoms with Gasteiger partial charge in [0, 0.05) is 37.1 Å². The maximum Gasteiger partial charge on any atom is 0.332 e. The summed E-state index contributed by atoms with van der Waals surface area (Å²) in [4.78, 5) is 33.4. The summed E-state index contributed by atoms with van der Waals surface area (Å²) in [5.41, 5.74) is 1.86. The van der Waals surface area contributed by atoms with Crippen LogP contribution in [0.4, 0.5) is 0 Å². The molecule has 3 aromatic heterocycles. The van der Waals surface area contributed by atoms with Crippen molar-refractivity contribution >= 4 is 28.5 Å². The van der Waals surface area contributed by atoms with E-state index in [0.717, 1.165) is 37.4 Å². The first-order valence-electron chi connectivity index (χ1n) is 10.5. The second-order valence-electron chi connectivity index (χ2n) is 7.77. The number of aryl methyl sites for hydroxylation is 2. The molecule has 0 aliphatic heterocycles. The van der Waals surface area contributed by atoms with Gasteiger partial charge in [-0.2, -0.15) is 4.98 Å². The van der Waals surface area contributed by atoms with Gasteiger partial charge in [0.1, 0.15) is 0 Å². The molecule has 0 saturated heterocycles. The molecule has 0 N–H and O–H groups in total. The third-order valence-electron chi connectivity index (χ3n) is 5.90. The van der Waals surface area contributed by atoms with Crippen molar-refractivity contribution in [3.63, 3.8) is 0 Å². The minimum Gasteiger partial charge on any atom is -0.313 e. The maximum absolute atomic E-state index is 13.4. The fourth-order valence-corrected chi connectivity index (χ4v) is 4.28. The van der Waals surface area contributed by atoms with Gasteiger partial charge < -0.3 is 9.47 Å². The number of halogens is 1. The zero-order chi connectivity index (χ0) is 22.3. The molecule has 0 saturated carbocycles. The number of likely N-dealkylation sites (N-methyl/N-ethyl adjacent to an activating group) is 1. The van der Waals surface area contributed by atoms with Crippen LogP contribution < -0.4 is 11.2 Å². The van der Waals surface area contributed by atoms with Gasteiger partial charge in [0.25, 0.3) is 5.56 Å². The molecular formula is C22H27ClN6O2. The fraction of sp³-hybridized carbons (Fsp3) is 0.409. The normalized spacial score (nSPS) is 11.9. The summed E-state index contributed by atoms with van der Waals surface area (Å²) in [5.74, 6) is 0.673. The molecule has 0 amide bonds. The summed E-state index contributed by atoms with van der Waals surface area (Å²) in [6, 6.07) is 7.18. The van der Waals surface area contributed by atoms with Crippen molar-refractivity contribution in [3.8, 4) is 0 Å². The van der Waals surface area contributed by atoms with Gasteiger partial charge >= 0.3 is 5.69 Å². The van der Waals surface area contributed by atoms with Crippen molar-refractivity contribution in [2.45, 2.75) is 33.9 Å².